The molecule has 0 amide bonds. The van der Waals surface area contributed by atoms with Crippen LogP contribution < -0.4 is 10.2 Å². The normalized spacial score (nSPS) is 16.1. The largest absolute Gasteiger partial charge is 0.478 e. The number of hydrogen-bond acceptors (Lipinski definition) is 3. The number of carboxylic acids is 1. The van der Waals surface area contributed by atoms with E-state index in [0.29, 0.717) is 6.54 Å². The Balaban J connectivity index is 1.89. The Kier molecular flexibility index (Phi) is 5.04. The fourth-order valence-electron chi connectivity index (χ4n) is 2.45. The summed E-state index contributed by atoms with van der Waals surface area (Å²) in [6.45, 7) is 4.65. The Morgan fingerprint density at radius 3 is 2.50 bits per heavy atom. The van der Waals surface area contributed by atoms with Crippen LogP contribution in [-0.4, -0.2) is 30.7 Å². The molecule has 4 heteroatoms. The SMILES string of the molecule is C/C(=C/C(=O)O)CNc1ccc(N2CCCCC2)cc1. The number of nitrogens with one attached hydrogen (secondary N) is 1. The van der Waals surface area contributed by atoms with Crippen LogP contribution in [0, 0.1) is 0 Å². The fraction of sp³-hybridized carbons (Fsp3) is 0.438. The summed E-state index contributed by atoms with van der Waals surface area (Å²) in [5.74, 6) is -0.898. The summed E-state index contributed by atoms with van der Waals surface area (Å²) in [5.41, 5.74) is 3.09. The van der Waals surface area contributed by atoms with Gasteiger partial charge in [0.05, 0.1) is 0 Å². The Morgan fingerprint density at radius 2 is 1.90 bits per heavy atom. The molecular weight excluding hydrogens is 252 g/mol. The lowest BCUT2D eigenvalue weighted by Gasteiger charge is -2.28. The second kappa shape index (κ2) is 6.98. The minimum atomic E-state index is -0.898. The zero-order valence-electron chi connectivity index (χ0n) is 11.9. The topological polar surface area (TPSA) is 52.6 Å². The van der Waals surface area contributed by atoms with Crippen LogP contribution in [0.1, 0.15) is 26.2 Å². The van der Waals surface area contributed by atoms with E-state index >= 15 is 0 Å². The highest BCUT2D eigenvalue weighted by atomic mass is 16.4. The van der Waals surface area contributed by atoms with E-state index in [-0.39, 0.29) is 0 Å². The molecule has 0 atom stereocenters. The average molecular weight is 274 g/mol. The van der Waals surface area contributed by atoms with E-state index < -0.39 is 5.97 Å². The number of rotatable bonds is 5. The summed E-state index contributed by atoms with van der Waals surface area (Å²) in [6.07, 6.45) is 5.12. The summed E-state index contributed by atoms with van der Waals surface area (Å²) in [7, 11) is 0. The molecule has 108 valence electrons. The highest BCUT2D eigenvalue weighted by Crippen LogP contribution is 2.21. The summed E-state index contributed by atoms with van der Waals surface area (Å²) in [5, 5.41) is 11.9. The molecule has 0 radical (unpaired) electrons. The van der Waals surface area contributed by atoms with Crippen LogP contribution in [0.15, 0.2) is 35.9 Å². The molecule has 2 N–H and O–H groups in total. The van der Waals surface area contributed by atoms with E-state index in [0.717, 1.165) is 24.4 Å². The minimum absolute atomic E-state index is 0.551. The van der Waals surface area contributed by atoms with E-state index in [1.54, 1.807) is 0 Å². The number of carboxylic acid groups (broad SMARTS) is 1. The highest BCUT2D eigenvalue weighted by Gasteiger charge is 2.10. The van der Waals surface area contributed by atoms with Gasteiger partial charge in [0.2, 0.25) is 0 Å². The van der Waals surface area contributed by atoms with Crippen LogP contribution in [0.3, 0.4) is 0 Å². The first-order valence-electron chi connectivity index (χ1n) is 7.14. The monoisotopic (exact) mass is 274 g/mol. The van der Waals surface area contributed by atoms with Crippen molar-refractivity contribution in [2.45, 2.75) is 26.2 Å². The van der Waals surface area contributed by atoms with Crippen LogP contribution >= 0.6 is 0 Å². The van der Waals surface area contributed by atoms with Crippen molar-refractivity contribution < 1.29 is 9.90 Å². The second-order valence-corrected chi connectivity index (χ2v) is 5.28. The third-order valence-electron chi connectivity index (χ3n) is 3.53. The van der Waals surface area contributed by atoms with Gasteiger partial charge in [0.1, 0.15) is 0 Å². The average Bonchev–Trinajstić information content (AvgIpc) is 2.46. The maximum absolute atomic E-state index is 10.5. The van der Waals surface area contributed by atoms with Crippen molar-refractivity contribution in [1.29, 1.82) is 0 Å². The first-order chi connectivity index (χ1) is 9.65. The number of hydrogen-bond donors (Lipinski definition) is 2. The van der Waals surface area contributed by atoms with Crippen molar-refractivity contribution in [3.05, 3.63) is 35.9 Å². The van der Waals surface area contributed by atoms with Gasteiger partial charge in [0.15, 0.2) is 0 Å². The van der Waals surface area contributed by atoms with Gasteiger partial charge < -0.3 is 15.3 Å². The molecule has 0 unspecified atom stereocenters. The minimum Gasteiger partial charge on any atom is -0.478 e. The smallest absolute Gasteiger partial charge is 0.328 e. The summed E-state index contributed by atoms with van der Waals surface area (Å²) >= 11 is 0. The molecule has 1 aliphatic heterocycles. The van der Waals surface area contributed by atoms with Crippen LogP contribution in [0.25, 0.3) is 0 Å². The first kappa shape index (κ1) is 14.4. The molecular formula is C16H22N2O2. The van der Waals surface area contributed by atoms with Gasteiger partial charge >= 0.3 is 5.97 Å². The van der Waals surface area contributed by atoms with Crippen molar-refractivity contribution in [3.63, 3.8) is 0 Å². The van der Waals surface area contributed by atoms with Gasteiger partial charge in [-0.3, -0.25) is 0 Å². The van der Waals surface area contributed by atoms with Gasteiger partial charge in [-0.05, 0) is 56.0 Å². The molecule has 0 bridgehead atoms. The zero-order valence-corrected chi connectivity index (χ0v) is 11.9. The third kappa shape index (κ3) is 4.30. The molecule has 0 aliphatic carbocycles. The van der Waals surface area contributed by atoms with Gasteiger partial charge in [0.25, 0.3) is 0 Å². The molecule has 1 aliphatic rings. The maximum atomic E-state index is 10.5. The highest BCUT2D eigenvalue weighted by molar-refractivity contribution is 5.80. The van der Waals surface area contributed by atoms with Crippen molar-refractivity contribution in [1.82, 2.24) is 0 Å². The van der Waals surface area contributed by atoms with Crippen LogP contribution in [0.5, 0.6) is 0 Å². The lowest BCUT2D eigenvalue weighted by Crippen LogP contribution is -2.29. The summed E-state index contributed by atoms with van der Waals surface area (Å²) in [4.78, 5) is 13.0. The Morgan fingerprint density at radius 1 is 1.25 bits per heavy atom. The Labute approximate surface area is 120 Å². The summed E-state index contributed by atoms with van der Waals surface area (Å²) < 4.78 is 0. The lowest BCUT2D eigenvalue weighted by atomic mass is 10.1. The number of aliphatic carboxylic acids is 1. The third-order valence-corrected chi connectivity index (χ3v) is 3.53. The van der Waals surface area contributed by atoms with E-state index in [1.165, 1.54) is 31.0 Å². The molecule has 4 nitrogen and oxygen atoms in total. The van der Waals surface area contributed by atoms with Crippen molar-refractivity contribution >= 4 is 17.3 Å². The summed E-state index contributed by atoms with van der Waals surface area (Å²) in [6, 6.07) is 8.36. The Hall–Kier alpha value is -1.97. The second-order valence-electron chi connectivity index (χ2n) is 5.28. The number of nitrogens with zero attached hydrogens (tertiary/aromatic N) is 1. The zero-order chi connectivity index (χ0) is 14.4. The van der Waals surface area contributed by atoms with E-state index in [2.05, 4.69) is 34.5 Å². The lowest BCUT2D eigenvalue weighted by molar-refractivity contribution is -0.131. The van der Waals surface area contributed by atoms with Gasteiger partial charge in [0, 0.05) is 37.1 Å². The first-order valence-corrected chi connectivity index (χ1v) is 7.14. The van der Waals surface area contributed by atoms with Gasteiger partial charge in [-0.2, -0.15) is 0 Å². The Bertz CT molecular complexity index is 474. The molecule has 2 rings (SSSR count). The number of benzene rings is 1. The number of piperidine rings is 1. The van der Waals surface area contributed by atoms with Crippen LogP contribution in [0.2, 0.25) is 0 Å². The molecule has 1 saturated heterocycles. The maximum Gasteiger partial charge on any atom is 0.328 e. The van der Waals surface area contributed by atoms with Crippen molar-refractivity contribution in [3.8, 4) is 0 Å². The standard InChI is InChI=1S/C16H22N2O2/c1-13(11-16(19)20)12-17-14-5-7-15(8-6-14)18-9-3-2-4-10-18/h5-8,11,17H,2-4,9-10,12H2,1H3,(H,19,20)/b13-11-. The van der Waals surface area contributed by atoms with Crippen molar-refractivity contribution in [2.24, 2.45) is 0 Å². The van der Waals surface area contributed by atoms with E-state index in [4.69, 9.17) is 5.11 Å². The predicted octanol–water partition coefficient (Wildman–Crippen LogP) is 3.12. The molecule has 1 aromatic carbocycles. The number of carbonyl (C=O) groups is 1. The van der Waals surface area contributed by atoms with Crippen LogP contribution in [-0.2, 0) is 4.79 Å². The molecule has 0 saturated carbocycles. The number of anilines is 2. The molecule has 0 spiro atoms. The van der Waals surface area contributed by atoms with E-state index in [1.807, 2.05) is 6.92 Å². The molecule has 1 fully saturated rings. The predicted molar refractivity (Wildman–Crippen MR) is 82.4 cm³/mol. The molecule has 1 heterocycles. The molecule has 0 aromatic heterocycles. The van der Waals surface area contributed by atoms with E-state index in [9.17, 15) is 4.79 Å². The van der Waals surface area contributed by atoms with Gasteiger partial charge in [-0.1, -0.05) is 0 Å². The quantitative estimate of drug-likeness (QED) is 0.810. The van der Waals surface area contributed by atoms with Crippen LogP contribution in [0.4, 0.5) is 11.4 Å². The van der Waals surface area contributed by atoms with Gasteiger partial charge in [-0.25, -0.2) is 4.79 Å². The fourth-order valence-corrected chi connectivity index (χ4v) is 2.45. The molecule has 20 heavy (non-hydrogen) atoms. The van der Waals surface area contributed by atoms with Crippen molar-refractivity contribution in [2.75, 3.05) is 29.9 Å². The molecule has 1 aromatic rings. The van der Waals surface area contributed by atoms with Gasteiger partial charge in [-0.15, -0.1) is 0 Å².